The van der Waals surface area contributed by atoms with Gasteiger partial charge in [-0.15, -0.1) is 0 Å². The van der Waals surface area contributed by atoms with Crippen LogP contribution in [0, 0.1) is 0 Å². The molecule has 0 radical (unpaired) electrons. The number of sulfonamides is 1. The van der Waals surface area contributed by atoms with Crippen LogP contribution in [0.1, 0.15) is 6.42 Å². The Kier molecular flexibility index (Phi) is 5.16. The van der Waals surface area contributed by atoms with Crippen molar-refractivity contribution >= 4 is 37.5 Å². The molecule has 17 heavy (non-hydrogen) atoms. The Morgan fingerprint density at radius 2 is 2.18 bits per heavy atom. The smallest absolute Gasteiger partial charge is 0.208 e. The first-order chi connectivity index (χ1) is 7.88. The molecule has 1 aromatic rings. The Bertz CT molecular complexity index is 478. The molecule has 0 saturated heterocycles. The highest BCUT2D eigenvalue weighted by Crippen LogP contribution is 2.21. The van der Waals surface area contributed by atoms with E-state index in [1.165, 1.54) is 0 Å². The van der Waals surface area contributed by atoms with Crippen molar-refractivity contribution in [3.05, 3.63) is 16.7 Å². The van der Waals surface area contributed by atoms with Crippen molar-refractivity contribution < 1.29 is 8.42 Å². The van der Waals surface area contributed by atoms with Crippen LogP contribution >= 0.6 is 15.9 Å². The summed E-state index contributed by atoms with van der Waals surface area (Å²) in [6.07, 6.45) is 3.37. The third-order valence-electron chi connectivity index (χ3n) is 1.87. The molecule has 1 aromatic heterocycles. The second kappa shape index (κ2) is 6.18. The van der Waals surface area contributed by atoms with Gasteiger partial charge in [-0.2, -0.15) is 0 Å². The van der Waals surface area contributed by atoms with Crippen molar-refractivity contribution in [3.8, 4) is 0 Å². The molecular weight excluding hydrogens is 308 g/mol. The second-order valence-electron chi connectivity index (χ2n) is 3.55. The number of nitrogens with zero attached hydrogens (tertiary/aromatic N) is 1. The van der Waals surface area contributed by atoms with E-state index in [2.05, 4.69) is 31.0 Å². The van der Waals surface area contributed by atoms with E-state index >= 15 is 0 Å². The van der Waals surface area contributed by atoms with Gasteiger partial charge in [0.1, 0.15) is 5.82 Å². The van der Waals surface area contributed by atoms with E-state index in [9.17, 15) is 8.42 Å². The van der Waals surface area contributed by atoms with E-state index in [-0.39, 0.29) is 0 Å². The second-order valence-corrected chi connectivity index (χ2v) is 6.23. The number of nitrogens with two attached hydrogens (primary N) is 1. The number of aromatic nitrogens is 1. The predicted molar refractivity (Wildman–Crippen MR) is 72.3 cm³/mol. The molecule has 0 unspecified atom stereocenters. The van der Waals surface area contributed by atoms with Crippen molar-refractivity contribution in [1.29, 1.82) is 0 Å². The van der Waals surface area contributed by atoms with Crippen molar-refractivity contribution in [2.24, 2.45) is 0 Å². The first kappa shape index (κ1) is 14.2. The van der Waals surface area contributed by atoms with Crippen LogP contribution in [0.25, 0.3) is 0 Å². The lowest BCUT2D eigenvalue weighted by Crippen LogP contribution is -2.24. The molecule has 6 nitrogen and oxygen atoms in total. The van der Waals surface area contributed by atoms with E-state index in [1.54, 1.807) is 12.3 Å². The van der Waals surface area contributed by atoms with Crippen LogP contribution in [0.2, 0.25) is 0 Å². The van der Waals surface area contributed by atoms with Crippen LogP contribution in [0.3, 0.4) is 0 Å². The van der Waals surface area contributed by atoms with E-state index in [0.29, 0.717) is 31.0 Å². The van der Waals surface area contributed by atoms with Gasteiger partial charge in [0.15, 0.2) is 0 Å². The SMILES string of the molecule is CS(=O)(=O)NCCCNc1ncc(N)cc1Br. The molecule has 0 bridgehead atoms. The van der Waals surface area contributed by atoms with Gasteiger partial charge in [-0.05, 0) is 28.4 Å². The average molecular weight is 323 g/mol. The van der Waals surface area contributed by atoms with Gasteiger partial charge >= 0.3 is 0 Å². The Morgan fingerprint density at radius 1 is 1.47 bits per heavy atom. The maximum Gasteiger partial charge on any atom is 0.208 e. The van der Waals surface area contributed by atoms with E-state index in [1.807, 2.05) is 0 Å². The molecule has 0 fully saturated rings. The van der Waals surface area contributed by atoms with Crippen LogP contribution in [-0.4, -0.2) is 32.7 Å². The highest BCUT2D eigenvalue weighted by molar-refractivity contribution is 9.10. The summed E-state index contributed by atoms with van der Waals surface area (Å²) >= 11 is 3.33. The van der Waals surface area contributed by atoms with E-state index in [4.69, 9.17) is 5.73 Å². The zero-order valence-electron chi connectivity index (χ0n) is 9.40. The normalized spacial score (nSPS) is 11.4. The summed E-state index contributed by atoms with van der Waals surface area (Å²) in [4.78, 5) is 4.10. The fourth-order valence-corrected chi connectivity index (χ4v) is 2.16. The minimum absolute atomic E-state index is 0.401. The van der Waals surface area contributed by atoms with E-state index < -0.39 is 10.0 Å². The van der Waals surface area contributed by atoms with E-state index in [0.717, 1.165) is 10.7 Å². The lowest BCUT2D eigenvalue weighted by molar-refractivity contribution is 0.586. The van der Waals surface area contributed by atoms with Crippen LogP contribution in [-0.2, 0) is 10.0 Å². The molecular formula is C9H15BrN4O2S. The molecule has 0 aliphatic heterocycles. The molecule has 96 valence electrons. The number of hydrogen-bond acceptors (Lipinski definition) is 5. The molecule has 0 aliphatic rings. The molecule has 1 heterocycles. The van der Waals surface area contributed by atoms with Gasteiger partial charge in [0, 0.05) is 13.1 Å². The van der Waals surface area contributed by atoms with Gasteiger partial charge in [0.2, 0.25) is 10.0 Å². The van der Waals surface area contributed by atoms with Gasteiger partial charge in [-0.3, -0.25) is 0 Å². The first-order valence-corrected chi connectivity index (χ1v) is 7.66. The number of hydrogen-bond donors (Lipinski definition) is 3. The van der Waals surface area contributed by atoms with Gasteiger partial charge in [-0.25, -0.2) is 18.1 Å². The molecule has 0 amide bonds. The van der Waals surface area contributed by atoms with Crippen molar-refractivity contribution in [2.75, 3.05) is 30.4 Å². The highest BCUT2D eigenvalue weighted by Gasteiger charge is 2.02. The summed E-state index contributed by atoms with van der Waals surface area (Å²) in [7, 11) is -3.10. The summed E-state index contributed by atoms with van der Waals surface area (Å²) in [6.45, 7) is 1.02. The monoisotopic (exact) mass is 322 g/mol. The lowest BCUT2D eigenvalue weighted by atomic mass is 10.4. The average Bonchev–Trinajstić information content (AvgIpc) is 2.18. The Hall–Kier alpha value is -0.860. The first-order valence-electron chi connectivity index (χ1n) is 4.98. The third-order valence-corrected chi connectivity index (χ3v) is 3.21. The summed E-state index contributed by atoms with van der Waals surface area (Å²) in [5.41, 5.74) is 6.14. The van der Waals surface area contributed by atoms with Crippen molar-refractivity contribution in [2.45, 2.75) is 6.42 Å². The van der Waals surface area contributed by atoms with Crippen molar-refractivity contribution in [1.82, 2.24) is 9.71 Å². The number of anilines is 2. The molecule has 0 spiro atoms. The molecule has 4 N–H and O–H groups in total. The fraction of sp³-hybridized carbons (Fsp3) is 0.444. The molecule has 0 saturated carbocycles. The molecule has 1 rings (SSSR count). The Morgan fingerprint density at radius 3 is 2.76 bits per heavy atom. The number of halogens is 1. The number of nitrogen functional groups attached to an aromatic ring is 1. The maximum atomic E-state index is 10.8. The van der Waals surface area contributed by atoms with Crippen LogP contribution in [0.15, 0.2) is 16.7 Å². The highest BCUT2D eigenvalue weighted by atomic mass is 79.9. The summed E-state index contributed by atoms with van der Waals surface area (Å²) in [6, 6.07) is 1.75. The van der Waals surface area contributed by atoms with Gasteiger partial charge in [0.25, 0.3) is 0 Å². The topological polar surface area (TPSA) is 97.1 Å². The summed E-state index contributed by atoms with van der Waals surface area (Å²) in [5.74, 6) is 0.693. The number of rotatable bonds is 6. The fourth-order valence-electron chi connectivity index (χ4n) is 1.14. The minimum Gasteiger partial charge on any atom is -0.397 e. The molecule has 8 heteroatoms. The lowest BCUT2D eigenvalue weighted by Gasteiger charge is -2.08. The van der Waals surface area contributed by atoms with Crippen LogP contribution in [0.4, 0.5) is 11.5 Å². The third kappa shape index (κ3) is 5.85. The number of pyridine rings is 1. The quantitative estimate of drug-likeness (QED) is 0.672. The van der Waals surface area contributed by atoms with Gasteiger partial charge < -0.3 is 11.1 Å². The molecule has 0 aliphatic carbocycles. The zero-order chi connectivity index (χ0) is 12.9. The molecule has 0 aromatic carbocycles. The summed E-state index contributed by atoms with van der Waals surface area (Å²) in [5, 5.41) is 3.08. The Balaban J connectivity index is 2.32. The standard InChI is InChI=1S/C9H15BrN4O2S/c1-17(15,16)14-4-2-3-12-9-8(10)5-7(11)6-13-9/h5-6,14H,2-4,11H2,1H3,(H,12,13). The maximum absolute atomic E-state index is 10.8. The zero-order valence-corrected chi connectivity index (χ0v) is 11.8. The summed E-state index contributed by atoms with van der Waals surface area (Å²) < 4.78 is 24.8. The van der Waals surface area contributed by atoms with Crippen LogP contribution in [0.5, 0.6) is 0 Å². The molecule has 0 atom stereocenters. The largest absolute Gasteiger partial charge is 0.397 e. The minimum atomic E-state index is -3.10. The van der Waals surface area contributed by atoms with Crippen molar-refractivity contribution in [3.63, 3.8) is 0 Å². The van der Waals surface area contributed by atoms with Gasteiger partial charge in [0.05, 0.1) is 22.6 Å². The van der Waals surface area contributed by atoms with Crippen LogP contribution < -0.4 is 15.8 Å². The predicted octanol–water partition coefficient (Wildman–Crippen LogP) is 0.777. The Labute approximate surface area is 109 Å². The van der Waals surface area contributed by atoms with Gasteiger partial charge in [-0.1, -0.05) is 0 Å². The number of nitrogens with one attached hydrogen (secondary N) is 2.